The maximum atomic E-state index is 3.78. The zero-order valence-electron chi connectivity index (χ0n) is 7.60. The Morgan fingerprint density at radius 2 is 1.50 bits per heavy atom. The molecule has 2 aliphatic carbocycles. The minimum absolute atomic E-state index is 0.805. The molecule has 1 nitrogen and oxygen atoms in total. The van der Waals surface area contributed by atoms with Crippen molar-refractivity contribution in [3.63, 3.8) is 0 Å². The Labute approximate surface area is 74.2 Å². The van der Waals surface area contributed by atoms with Crippen LogP contribution in [0.25, 0.3) is 0 Å². The van der Waals surface area contributed by atoms with Gasteiger partial charge in [0.25, 0.3) is 0 Å². The van der Waals surface area contributed by atoms with Crippen LogP contribution in [0.5, 0.6) is 0 Å². The van der Waals surface area contributed by atoms with Gasteiger partial charge in [-0.1, -0.05) is 17.6 Å². The molecule has 0 bridgehead atoms. The van der Waals surface area contributed by atoms with Crippen molar-refractivity contribution < 1.29 is 0 Å². The first kappa shape index (κ1) is 7.14. The van der Waals surface area contributed by atoms with Crippen LogP contribution in [0, 0.1) is 0 Å². The monoisotopic (exact) mass is 163 g/mol. The Morgan fingerprint density at radius 1 is 0.833 bits per heavy atom. The lowest BCUT2D eigenvalue weighted by Crippen LogP contribution is -2.32. The normalized spacial score (nSPS) is 40.0. The highest BCUT2D eigenvalue weighted by molar-refractivity contribution is 5.34. The predicted octanol–water partition coefficient (Wildman–Crippen LogP) is 2.38. The molecule has 2 fully saturated rings. The lowest BCUT2D eigenvalue weighted by molar-refractivity contribution is 0.457. The molecule has 0 aromatic heterocycles. The molecule has 1 N–H and O–H groups in total. The molecule has 0 radical (unpaired) electrons. The summed E-state index contributed by atoms with van der Waals surface area (Å²) in [7, 11) is 0. The highest BCUT2D eigenvalue weighted by Gasteiger charge is 2.35. The van der Waals surface area contributed by atoms with Crippen LogP contribution >= 0.6 is 0 Å². The van der Waals surface area contributed by atoms with Gasteiger partial charge < -0.3 is 5.32 Å². The van der Waals surface area contributed by atoms with Gasteiger partial charge >= 0.3 is 0 Å². The standard InChI is InChI=1S/C11H17N/c1-2-6-10-8(4-1)9-5-3-7-11(9)12-10/h10-12H,1-7H2. The van der Waals surface area contributed by atoms with Crippen molar-refractivity contribution >= 4 is 0 Å². The third kappa shape index (κ3) is 0.891. The van der Waals surface area contributed by atoms with Crippen molar-refractivity contribution in [2.24, 2.45) is 0 Å². The van der Waals surface area contributed by atoms with Crippen molar-refractivity contribution in [1.82, 2.24) is 5.32 Å². The van der Waals surface area contributed by atoms with Crippen LogP contribution < -0.4 is 5.32 Å². The summed E-state index contributed by atoms with van der Waals surface area (Å²) in [6.45, 7) is 0. The number of hydrogen-bond acceptors (Lipinski definition) is 1. The molecule has 66 valence electrons. The molecule has 1 heteroatoms. The summed E-state index contributed by atoms with van der Waals surface area (Å²) in [4.78, 5) is 0. The molecule has 1 aliphatic heterocycles. The topological polar surface area (TPSA) is 12.0 Å². The Hall–Kier alpha value is -0.300. The lowest BCUT2D eigenvalue weighted by atomic mass is 9.89. The molecule has 3 rings (SSSR count). The average molecular weight is 163 g/mol. The van der Waals surface area contributed by atoms with Gasteiger partial charge in [0.2, 0.25) is 0 Å². The van der Waals surface area contributed by atoms with Crippen molar-refractivity contribution in [1.29, 1.82) is 0 Å². The molecule has 1 heterocycles. The molecule has 0 aromatic carbocycles. The van der Waals surface area contributed by atoms with Gasteiger partial charge in [-0.15, -0.1) is 0 Å². The molecule has 0 amide bonds. The summed E-state index contributed by atoms with van der Waals surface area (Å²) in [5.41, 5.74) is 3.64. The van der Waals surface area contributed by atoms with E-state index in [9.17, 15) is 0 Å². The van der Waals surface area contributed by atoms with Crippen molar-refractivity contribution in [2.45, 2.75) is 57.0 Å². The third-order valence-electron chi connectivity index (χ3n) is 3.78. The van der Waals surface area contributed by atoms with Crippen LogP contribution in [0.2, 0.25) is 0 Å². The van der Waals surface area contributed by atoms with E-state index in [2.05, 4.69) is 5.32 Å². The van der Waals surface area contributed by atoms with Gasteiger partial charge in [-0.2, -0.15) is 0 Å². The molecule has 0 saturated heterocycles. The van der Waals surface area contributed by atoms with Gasteiger partial charge in [0.15, 0.2) is 0 Å². The zero-order chi connectivity index (χ0) is 7.97. The maximum absolute atomic E-state index is 3.78. The summed E-state index contributed by atoms with van der Waals surface area (Å²) >= 11 is 0. The molecule has 0 aromatic rings. The van der Waals surface area contributed by atoms with Gasteiger partial charge in [-0.25, -0.2) is 0 Å². The summed E-state index contributed by atoms with van der Waals surface area (Å²) < 4.78 is 0. The zero-order valence-corrected chi connectivity index (χ0v) is 7.60. The van der Waals surface area contributed by atoms with E-state index in [1.165, 1.54) is 44.9 Å². The highest BCUT2D eigenvalue weighted by atomic mass is 15.0. The first-order valence-electron chi connectivity index (χ1n) is 5.43. The SMILES string of the molecule is C1CCC2NC3CCCC3=C2C1. The smallest absolute Gasteiger partial charge is 0.0288 e. The minimum Gasteiger partial charge on any atom is -0.304 e. The Bertz CT molecular complexity index is 229. The van der Waals surface area contributed by atoms with Crippen LogP contribution in [0.3, 0.4) is 0 Å². The minimum atomic E-state index is 0.805. The van der Waals surface area contributed by atoms with Gasteiger partial charge in [0, 0.05) is 12.1 Å². The highest BCUT2D eigenvalue weighted by Crippen LogP contribution is 2.40. The first-order chi connectivity index (χ1) is 5.95. The lowest BCUT2D eigenvalue weighted by Gasteiger charge is -2.22. The molecule has 3 aliphatic rings. The van der Waals surface area contributed by atoms with E-state index < -0.39 is 0 Å². The second-order valence-corrected chi connectivity index (χ2v) is 4.46. The summed E-state index contributed by atoms with van der Waals surface area (Å²) in [5, 5.41) is 3.78. The Morgan fingerprint density at radius 3 is 2.33 bits per heavy atom. The van der Waals surface area contributed by atoms with Crippen LogP contribution in [0.1, 0.15) is 44.9 Å². The number of hydrogen-bond donors (Lipinski definition) is 1. The summed E-state index contributed by atoms with van der Waals surface area (Å²) in [6.07, 6.45) is 9.96. The van der Waals surface area contributed by atoms with E-state index in [1.807, 2.05) is 11.1 Å². The fourth-order valence-corrected chi connectivity index (χ4v) is 3.24. The van der Waals surface area contributed by atoms with E-state index in [1.54, 1.807) is 0 Å². The van der Waals surface area contributed by atoms with E-state index in [0.717, 1.165) is 12.1 Å². The quantitative estimate of drug-likeness (QED) is 0.541. The molecule has 12 heavy (non-hydrogen) atoms. The predicted molar refractivity (Wildman–Crippen MR) is 50.1 cm³/mol. The van der Waals surface area contributed by atoms with E-state index >= 15 is 0 Å². The van der Waals surface area contributed by atoms with E-state index in [0.29, 0.717) is 0 Å². The average Bonchev–Trinajstić information content (AvgIpc) is 2.62. The number of rotatable bonds is 0. The molecular formula is C11H17N. The van der Waals surface area contributed by atoms with Crippen LogP contribution in [0.4, 0.5) is 0 Å². The van der Waals surface area contributed by atoms with Crippen molar-refractivity contribution in [3.05, 3.63) is 11.1 Å². The molecular weight excluding hydrogens is 146 g/mol. The largest absolute Gasteiger partial charge is 0.304 e. The van der Waals surface area contributed by atoms with Crippen LogP contribution in [-0.4, -0.2) is 12.1 Å². The molecule has 2 atom stereocenters. The van der Waals surface area contributed by atoms with Gasteiger partial charge in [-0.05, 0) is 38.5 Å². The molecule has 0 spiro atoms. The maximum Gasteiger partial charge on any atom is 0.0288 e. The van der Waals surface area contributed by atoms with Crippen LogP contribution in [0.15, 0.2) is 11.1 Å². The fraction of sp³-hybridized carbons (Fsp3) is 0.818. The number of nitrogens with one attached hydrogen (secondary N) is 1. The van der Waals surface area contributed by atoms with Gasteiger partial charge in [0.1, 0.15) is 0 Å². The third-order valence-corrected chi connectivity index (χ3v) is 3.78. The van der Waals surface area contributed by atoms with Crippen molar-refractivity contribution in [2.75, 3.05) is 0 Å². The molecule has 2 unspecified atom stereocenters. The Kier molecular flexibility index (Phi) is 1.54. The summed E-state index contributed by atoms with van der Waals surface area (Å²) in [5.74, 6) is 0. The van der Waals surface area contributed by atoms with E-state index in [-0.39, 0.29) is 0 Å². The summed E-state index contributed by atoms with van der Waals surface area (Å²) in [6, 6.07) is 1.61. The first-order valence-corrected chi connectivity index (χ1v) is 5.43. The van der Waals surface area contributed by atoms with Crippen LogP contribution in [-0.2, 0) is 0 Å². The van der Waals surface area contributed by atoms with Crippen molar-refractivity contribution in [3.8, 4) is 0 Å². The second-order valence-electron chi connectivity index (χ2n) is 4.46. The van der Waals surface area contributed by atoms with E-state index in [4.69, 9.17) is 0 Å². The number of fused-ring (bicyclic) bond motifs is 2. The van der Waals surface area contributed by atoms with Gasteiger partial charge in [-0.3, -0.25) is 0 Å². The van der Waals surface area contributed by atoms with Gasteiger partial charge in [0.05, 0.1) is 0 Å². The fourth-order valence-electron chi connectivity index (χ4n) is 3.24. The second kappa shape index (κ2) is 2.59. The Balaban J connectivity index is 1.94. The molecule has 2 saturated carbocycles.